The van der Waals surface area contributed by atoms with Crippen molar-refractivity contribution in [3.05, 3.63) is 280 Å². The molecule has 12 rings (SSSR count). The van der Waals surface area contributed by atoms with Crippen molar-refractivity contribution in [2.75, 3.05) is 6.26 Å². The van der Waals surface area contributed by atoms with Gasteiger partial charge >= 0.3 is 0 Å². The highest BCUT2D eigenvalue weighted by molar-refractivity contribution is 7.80. The topological polar surface area (TPSA) is 18.1 Å². The van der Waals surface area contributed by atoms with E-state index < -0.39 is 7.92 Å². The normalized spacial score (nSPS) is 10.9. The summed E-state index contributed by atoms with van der Waals surface area (Å²) in [4.78, 5) is 0. The number of hydrogen-bond donors (Lipinski definition) is 1. The molecule has 0 amide bonds. The summed E-state index contributed by atoms with van der Waals surface area (Å²) < 4.78 is 9.17. The number of fused-ring (bicyclic) bond motifs is 6. The average molecular weight is 980 g/mol. The van der Waals surface area contributed by atoms with Crippen LogP contribution in [0, 0.1) is 0 Å². The van der Waals surface area contributed by atoms with E-state index in [-0.39, 0.29) is 0 Å². The molecule has 0 aliphatic carbocycles. The number of hydrogen-bond acceptors (Lipinski definition) is 2. The smallest absolute Gasteiger partial charge is 0.143 e. The van der Waals surface area contributed by atoms with Gasteiger partial charge in [0.2, 0.25) is 0 Å². The Kier molecular flexibility index (Phi) is 16.2. The van der Waals surface area contributed by atoms with Crippen LogP contribution >= 0.6 is 20.6 Å². The Morgan fingerprint density at radius 2 is 0.918 bits per heavy atom. The number of aromatic nitrogens is 1. The molecule has 0 radical (unpaired) electrons. The molecule has 2 nitrogen and oxygen atoms in total. The van der Waals surface area contributed by atoms with Crippen LogP contribution in [0.15, 0.2) is 285 Å². The molecule has 0 aliphatic rings. The maximum Gasteiger partial charge on any atom is 0.143 e. The molecule has 2 heterocycles. The molecule has 0 aliphatic heterocycles. The van der Waals surface area contributed by atoms with Gasteiger partial charge in [0.1, 0.15) is 11.2 Å². The van der Waals surface area contributed by atoms with Crippen LogP contribution in [0.25, 0.3) is 93.9 Å². The number of para-hydroxylation sites is 2. The fraction of sp³-hybridized carbons (Fsp3) is 0.0435. The molecule has 2 aromatic heterocycles. The largest absolute Gasteiger partial charge is 0.455 e. The van der Waals surface area contributed by atoms with E-state index in [1.807, 2.05) is 26.0 Å². The molecule has 4 heteroatoms. The molecule has 0 bridgehead atoms. The molecule has 0 unspecified atom stereocenters. The first-order valence-electron chi connectivity index (χ1n) is 24.6. The Hall–Kier alpha value is -8.20. The zero-order valence-corrected chi connectivity index (χ0v) is 43.4. The molecule has 73 heavy (non-hydrogen) atoms. The Morgan fingerprint density at radius 1 is 0.411 bits per heavy atom. The summed E-state index contributed by atoms with van der Waals surface area (Å²) in [5.74, 6) is 0. The molecular weight excluding hydrogens is 922 g/mol. The third kappa shape index (κ3) is 10.7. The Labute approximate surface area is 437 Å². The first-order chi connectivity index (χ1) is 36.1. The molecular formula is C69H58NOPS. The number of nitrogens with zero attached hydrogens (tertiary/aromatic N) is 1. The summed E-state index contributed by atoms with van der Waals surface area (Å²) >= 11 is 3.53. The fourth-order valence-electron chi connectivity index (χ4n) is 9.52. The molecule has 0 fully saturated rings. The van der Waals surface area contributed by atoms with Crippen molar-refractivity contribution in [1.29, 1.82) is 0 Å². The molecule has 356 valence electrons. The predicted octanol–water partition coefficient (Wildman–Crippen LogP) is 18.6. The second-order valence-corrected chi connectivity index (χ2v) is 19.5. The fourth-order valence-corrected chi connectivity index (χ4v) is 11.8. The zero-order valence-electron chi connectivity index (χ0n) is 41.6. The van der Waals surface area contributed by atoms with E-state index >= 15 is 0 Å². The number of benzene rings is 10. The first-order valence-corrected chi connectivity index (χ1v) is 26.8. The number of furan rings is 1. The van der Waals surface area contributed by atoms with Crippen molar-refractivity contribution in [3.63, 3.8) is 0 Å². The highest BCUT2D eigenvalue weighted by Gasteiger charge is 2.20. The molecule has 0 saturated heterocycles. The van der Waals surface area contributed by atoms with Crippen LogP contribution in [0.3, 0.4) is 0 Å². The minimum Gasteiger partial charge on any atom is -0.455 e. The van der Waals surface area contributed by atoms with Gasteiger partial charge in [0, 0.05) is 32.8 Å². The van der Waals surface area contributed by atoms with E-state index in [0.29, 0.717) is 0 Å². The lowest BCUT2D eigenvalue weighted by atomic mass is 9.95. The first kappa shape index (κ1) is 49.8. The van der Waals surface area contributed by atoms with Gasteiger partial charge in [0.25, 0.3) is 0 Å². The van der Waals surface area contributed by atoms with Gasteiger partial charge in [-0.3, -0.25) is 0 Å². The van der Waals surface area contributed by atoms with E-state index in [1.165, 1.54) is 65.5 Å². The lowest BCUT2D eigenvalue weighted by Gasteiger charge is -2.19. The van der Waals surface area contributed by atoms with Crippen molar-refractivity contribution in [2.45, 2.75) is 13.8 Å². The minimum absolute atomic E-state index is 0.736. The maximum absolute atomic E-state index is 6.75. The van der Waals surface area contributed by atoms with E-state index in [4.69, 9.17) is 4.42 Å². The summed E-state index contributed by atoms with van der Waals surface area (Å²) in [6.45, 7) is 10.7. The van der Waals surface area contributed by atoms with Crippen LogP contribution in [0.1, 0.15) is 13.8 Å². The van der Waals surface area contributed by atoms with E-state index in [1.54, 1.807) is 18.4 Å². The van der Waals surface area contributed by atoms with Crippen LogP contribution < -0.4 is 15.9 Å². The van der Waals surface area contributed by atoms with Crippen molar-refractivity contribution >= 4 is 80.2 Å². The van der Waals surface area contributed by atoms with Crippen LogP contribution in [-0.2, 0) is 0 Å². The zero-order chi connectivity index (χ0) is 50.5. The van der Waals surface area contributed by atoms with Gasteiger partial charge < -0.3 is 8.98 Å². The van der Waals surface area contributed by atoms with Crippen molar-refractivity contribution < 1.29 is 4.42 Å². The number of rotatable bonds is 9. The maximum atomic E-state index is 6.75. The standard InChI is InChI=1S/C60H40NOP.C5H8.C3H6.CH4S/c1-4-16-41(17-5-1)42-18-12-19-43(36-42)44-20-13-21-45(37-44)46-32-35-59-56(39-46)54-30-15-29-52(60(54)62-59)47-22-14-23-48(38-47)61-57-31-11-10-28-53(57)55-40-51(33-34-58(55)61)63(49-24-6-2-7-25-49)50-26-8-3-9-27-50;1-3-5-4-2;1-3-2;1-2/h1-40H;3-5H,1H2,2H3;3H,1H2,2H3;2H,1H3/b;5-4-;;. The van der Waals surface area contributed by atoms with Gasteiger partial charge in [-0.15, -0.1) is 6.58 Å². The van der Waals surface area contributed by atoms with Gasteiger partial charge in [0.15, 0.2) is 0 Å². The second-order valence-electron chi connectivity index (χ2n) is 17.3. The highest BCUT2D eigenvalue weighted by Crippen LogP contribution is 2.41. The van der Waals surface area contributed by atoms with Crippen molar-refractivity contribution in [1.82, 2.24) is 4.57 Å². The molecule has 0 saturated carbocycles. The lowest BCUT2D eigenvalue weighted by molar-refractivity contribution is 0.670. The third-order valence-corrected chi connectivity index (χ3v) is 15.1. The van der Waals surface area contributed by atoms with Crippen LogP contribution in [0.4, 0.5) is 0 Å². The summed E-state index contributed by atoms with van der Waals surface area (Å²) in [6.07, 6.45) is 9.02. The monoisotopic (exact) mass is 979 g/mol. The SMILES string of the molecule is C=C/C=C\C.C=CC.CS.c1ccc(-c2cccc(-c3cccc(-c4ccc5oc6c(-c7cccc(-n8c9ccccc9c9cc(P(c%10ccccc%10)c%10ccccc%10)ccc98)c7)cccc6c5c4)c3)c2)cc1. The quantitative estimate of drug-likeness (QED) is 0.0660. The number of allylic oxidation sites excluding steroid dienone is 4. The van der Waals surface area contributed by atoms with Gasteiger partial charge in [0.05, 0.1) is 11.0 Å². The van der Waals surface area contributed by atoms with Gasteiger partial charge in [-0.1, -0.05) is 219 Å². The van der Waals surface area contributed by atoms with E-state index in [2.05, 4.69) is 273 Å². The molecule has 0 spiro atoms. The van der Waals surface area contributed by atoms with Crippen molar-refractivity contribution in [3.8, 4) is 50.2 Å². The van der Waals surface area contributed by atoms with Crippen molar-refractivity contribution in [2.24, 2.45) is 0 Å². The molecule has 0 atom stereocenters. The van der Waals surface area contributed by atoms with Gasteiger partial charge in [-0.05, 0) is 137 Å². The summed E-state index contributed by atoms with van der Waals surface area (Å²) in [7, 11) is -0.736. The summed E-state index contributed by atoms with van der Waals surface area (Å²) in [6, 6.07) is 88.1. The van der Waals surface area contributed by atoms with Crippen LogP contribution in [-0.4, -0.2) is 10.8 Å². The Balaban J connectivity index is 0.000000608. The third-order valence-electron chi connectivity index (χ3n) is 12.7. The highest BCUT2D eigenvalue weighted by atomic mass is 32.1. The molecule has 0 N–H and O–H groups in total. The molecule has 12 aromatic rings. The van der Waals surface area contributed by atoms with E-state index in [9.17, 15) is 0 Å². The Bertz CT molecular complexity index is 3790. The van der Waals surface area contributed by atoms with Gasteiger partial charge in [-0.25, -0.2) is 0 Å². The lowest BCUT2D eigenvalue weighted by Crippen LogP contribution is -2.20. The summed E-state index contributed by atoms with van der Waals surface area (Å²) in [5.41, 5.74) is 14.6. The second kappa shape index (κ2) is 23.8. The average Bonchev–Trinajstić information content (AvgIpc) is 4.01. The molecule has 10 aromatic carbocycles. The van der Waals surface area contributed by atoms with Crippen LogP contribution in [0.5, 0.6) is 0 Å². The minimum atomic E-state index is -0.736. The predicted molar refractivity (Wildman–Crippen MR) is 324 cm³/mol. The van der Waals surface area contributed by atoms with E-state index in [0.717, 1.165) is 44.3 Å². The number of thiol groups is 1. The van der Waals surface area contributed by atoms with Gasteiger partial charge in [-0.2, -0.15) is 12.6 Å². The Morgan fingerprint density at radius 3 is 1.53 bits per heavy atom. The summed E-state index contributed by atoms with van der Waals surface area (Å²) in [5, 5.41) is 8.76. The van der Waals surface area contributed by atoms with Crippen LogP contribution in [0.2, 0.25) is 0 Å².